The fourth-order valence-electron chi connectivity index (χ4n) is 2.48. The van der Waals surface area contributed by atoms with Crippen LogP contribution in [-0.2, 0) is 6.18 Å². The molecule has 0 saturated carbocycles. The fourth-order valence-corrected chi connectivity index (χ4v) is 2.61. The summed E-state index contributed by atoms with van der Waals surface area (Å²) in [5.41, 5.74) is 0.697. The molecule has 2 N–H and O–H groups in total. The van der Waals surface area contributed by atoms with Gasteiger partial charge in [0.25, 0.3) is 0 Å². The minimum atomic E-state index is -4.44. The summed E-state index contributed by atoms with van der Waals surface area (Å²) in [7, 11) is 0. The van der Waals surface area contributed by atoms with E-state index in [2.05, 4.69) is 15.5 Å². The van der Waals surface area contributed by atoms with Crippen molar-refractivity contribution in [1.29, 1.82) is 0 Å². The summed E-state index contributed by atoms with van der Waals surface area (Å²) in [5.74, 6) is 0. The number of nitrogens with one attached hydrogen (secondary N) is 2. The third kappa shape index (κ3) is 3.54. The van der Waals surface area contributed by atoms with Gasteiger partial charge in [-0.3, -0.25) is 5.10 Å². The molecular weight excluding hydrogens is 339 g/mol. The largest absolute Gasteiger partial charge is 0.416 e. The van der Waals surface area contributed by atoms with Crippen LogP contribution in [0.3, 0.4) is 0 Å². The third-order valence-electron chi connectivity index (χ3n) is 3.59. The molecule has 1 unspecified atom stereocenters. The van der Waals surface area contributed by atoms with Gasteiger partial charge in [-0.15, -0.1) is 0 Å². The van der Waals surface area contributed by atoms with Crippen molar-refractivity contribution < 1.29 is 13.2 Å². The molecule has 7 heteroatoms. The summed E-state index contributed by atoms with van der Waals surface area (Å²) < 4.78 is 40.1. The topological polar surface area (TPSA) is 40.7 Å². The number of aromatic nitrogens is 2. The van der Waals surface area contributed by atoms with Gasteiger partial charge < -0.3 is 5.32 Å². The van der Waals surface area contributed by atoms with Gasteiger partial charge in [0.1, 0.15) is 0 Å². The van der Waals surface area contributed by atoms with Gasteiger partial charge in [-0.1, -0.05) is 29.8 Å². The Morgan fingerprint density at radius 3 is 2.38 bits per heavy atom. The van der Waals surface area contributed by atoms with Crippen molar-refractivity contribution in [3.05, 3.63) is 82.6 Å². The second-order valence-electron chi connectivity index (χ2n) is 5.20. The number of aromatic amines is 1. The number of hydrogen-bond donors (Lipinski definition) is 2. The van der Waals surface area contributed by atoms with Crippen LogP contribution < -0.4 is 5.32 Å². The zero-order valence-corrected chi connectivity index (χ0v) is 13.1. The Balaban J connectivity index is 2.05. The van der Waals surface area contributed by atoms with E-state index in [1.54, 1.807) is 36.5 Å². The maximum absolute atomic E-state index is 13.4. The lowest BCUT2D eigenvalue weighted by Gasteiger charge is -2.23. The zero-order chi connectivity index (χ0) is 17.2. The molecule has 0 spiro atoms. The van der Waals surface area contributed by atoms with Crippen molar-refractivity contribution in [1.82, 2.24) is 10.2 Å². The first-order valence-corrected chi connectivity index (χ1v) is 7.50. The first-order valence-electron chi connectivity index (χ1n) is 7.12. The highest BCUT2D eigenvalue weighted by atomic mass is 35.5. The van der Waals surface area contributed by atoms with Crippen molar-refractivity contribution in [2.75, 3.05) is 5.32 Å². The lowest BCUT2D eigenvalue weighted by molar-refractivity contribution is -0.138. The van der Waals surface area contributed by atoms with Crippen LogP contribution in [-0.4, -0.2) is 10.2 Å². The van der Waals surface area contributed by atoms with Gasteiger partial charge in [-0.25, -0.2) is 0 Å². The average molecular weight is 352 g/mol. The lowest BCUT2D eigenvalue weighted by Crippen LogP contribution is -2.18. The number of nitrogens with zero attached hydrogens (tertiary/aromatic N) is 1. The molecule has 3 aromatic rings. The molecule has 1 heterocycles. The molecule has 124 valence electrons. The van der Waals surface area contributed by atoms with Crippen molar-refractivity contribution >= 4 is 17.3 Å². The van der Waals surface area contributed by atoms with Gasteiger partial charge in [0, 0.05) is 22.5 Å². The summed E-state index contributed by atoms with van der Waals surface area (Å²) in [6.45, 7) is 0. The van der Waals surface area contributed by atoms with E-state index in [1.165, 1.54) is 18.3 Å². The van der Waals surface area contributed by atoms with E-state index in [9.17, 15) is 13.2 Å². The Morgan fingerprint density at radius 2 is 1.75 bits per heavy atom. The smallest absolute Gasteiger partial charge is 0.374 e. The fraction of sp³-hybridized carbons (Fsp3) is 0.118. The number of H-pyrrole nitrogens is 1. The van der Waals surface area contributed by atoms with Crippen molar-refractivity contribution in [2.24, 2.45) is 0 Å². The molecule has 24 heavy (non-hydrogen) atoms. The van der Waals surface area contributed by atoms with Crippen LogP contribution in [0.25, 0.3) is 0 Å². The molecule has 0 fully saturated rings. The molecule has 3 rings (SSSR count). The van der Waals surface area contributed by atoms with E-state index >= 15 is 0 Å². The van der Waals surface area contributed by atoms with Crippen LogP contribution in [0.1, 0.15) is 22.7 Å². The van der Waals surface area contributed by atoms with Crippen LogP contribution in [0.5, 0.6) is 0 Å². The normalized spacial score (nSPS) is 12.8. The predicted octanol–water partition coefficient (Wildman–Crippen LogP) is 5.28. The summed E-state index contributed by atoms with van der Waals surface area (Å²) >= 11 is 5.86. The highest BCUT2D eigenvalue weighted by Crippen LogP contribution is 2.37. The Bertz CT molecular complexity index is 799. The molecule has 2 aromatic carbocycles. The van der Waals surface area contributed by atoms with E-state index in [1.807, 2.05) is 0 Å². The monoisotopic (exact) mass is 351 g/mol. The number of benzene rings is 2. The molecule has 1 atom stereocenters. The van der Waals surface area contributed by atoms with Crippen LogP contribution in [0.4, 0.5) is 18.9 Å². The highest BCUT2D eigenvalue weighted by molar-refractivity contribution is 6.30. The highest BCUT2D eigenvalue weighted by Gasteiger charge is 2.35. The molecule has 0 amide bonds. The molecule has 0 bridgehead atoms. The molecule has 0 aliphatic heterocycles. The van der Waals surface area contributed by atoms with E-state index in [0.29, 0.717) is 16.3 Å². The molecule has 0 saturated heterocycles. The van der Waals surface area contributed by atoms with E-state index in [4.69, 9.17) is 11.6 Å². The summed E-state index contributed by atoms with van der Waals surface area (Å²) in [5, 5.41) is 10.2. The summed E-state index contributed by atoms with van der Waals surface area (Å²) in [6, 6.07) is 11.6. The number of hydrogen-bond acceptors (Lipinski definition) is 2. The van der Waals surface area contributed by atoms with Gasteiger partial charge >= 0.3 is 6.18 Å². The Labute approximate surface area is 141 Å². The van der Waals surface area contributed by atoms with Gasteiger partial charge in [-0.05, 0) is 35.9 Å². The first kappa shape index (κ1) is 16.4. The number of halogens is 4. The molecule has 0 radical (unpaired) electrons. The van der Waals surface area contributed by atoms with Crippen LogP contribution >= 0.6 is 11.6 Å². The molecule has 0 aliphatic rings. The molecule has 3 nitrogen and oxygen atoms in total. The SMILES string of the molecule is FC(F)(F)c1ccccc1C(Nc1ccc(Cl)cc1)c1cn[nH]c1. The summed E-state index contributed by atoms with van der Waals surface area (Å²) in [4.78, 5) is 0. The Morgan fingerprint density at radius 1 is 1.04 bits per heavy atom. The van der Waals surface area contributed by atoms with E-state index < -0.39 is 17.8 Å². The quantitative estimate of drug-likeness (QED) is 0.671. The van der Waals surface area contributed by atoms with Crippen molar-refractivity contribution in [2.45, 2.75) is 12.2 Å². The Hall–Kier alpha value is -2.47. The minimum absolute atomic E-state index is 0.126. The van der Waals surface area contributed by atoms with Crippen LogP contribution in [0, 0.1) is 0 Å². The second-order valence-corrected chi connectivity index (χ2v) is 5.64. The van der Waals surface area contributed by atoms with Crippen LogP contribution in [0.15, 0.2) is 60.9 Å². The molecule has 0 aliphatic carbocycles. The van der Waals surface area contributed by atoms with Gasteiger partial charge in [0.15, 0.2) is 0 Å². The van der Waals surface area contributed by atoms with Gasteiger partial charge in [-0.2, -0.15) is 18.3 Å². The number of rotatable bonds is 4. The lowest BCUT2D eigenvalue weighted by atomic mass is 9.95. The molecular formula is C17H13ClF3N3. The van der Waals surface area contributed by atoms with E-state index in [-0.39, 0.29) is 5.56 Å². The predicted molar refractivity (Wildman–Crippen MR) is 86.9 cm³/mol. The van der Waals surface area contributed by atoms with Crippen molar-refractivity contribution in [3.63, 3.8) is 0 Å². The zero-order valence-electron chi connectivity index (χ0n) is 12.3. The van der Waals surface area contributed by atoms with Gasteiger partial charge in [0.05, 0.1) is 17.8 Å². The number of alkyl halides is 3. The second kappa shape index (κ2) is 6.57. The van der Waals surface area contributed by atoms with Crippen LogP contribution in [0.2, 0.25) is 5.02 Å². The summed E-state index contributed by atoms with van der Waals surface area (Å²) in [6.07, 6.45) is -1.37. The van der Waals surface area contributed by atoms with E-state index in [0.717, 1.165) is 6.07 Å². The Kier molecular flexibility index (Phi) is 4.49. The maximum atomic E-state index is 13.4. The first-order chi connectivity index (χ1) is 11.4. The standard InChI is InChI=1S/C17H13ClF3N3/c18-12-5-7-13(8-6-12)24-16(11-9-22-23-10-11)14-3-1-2-4-15(14)17(19,20)21/h1-10,16,24H,(H,22,23). The number of anilines is 1. The molecule has 1 aromatic heterocycles. The van der Waals surface area contributed by atoms with Gasteiger partial charge in [0.2, 0.25) is 0 Å². The van der Waals surface area contributed by atoms with Crippen molar-refractivity contribution in [3.8, 4) is 0 Å². The average Bonchev–Trinajstić information content (AvgIpc) is 3.08. The maximum Gasteiger partial charge on any atom is 0.416 e. The third-order valence-corrected chi connectivity index (χ3v) is 3.84. The minimum Gasteiger partial charge on any atom is -0.374 e.